The maximum atomic E-state index is 12.1. The molecule has 28 heavy (non-hydrogen) atoms. The molecule has 1 aliphatic carbocycles. The second-order valence-electron chi connectivity index (χ2n) is 6.75. The zero-order valence-electron chi connectivity index (χ0n) is 14.5. The van der Waals surface area contributed by atoms with Crippen molar-refractivity contribution in [1.29, 1.82) is 0 Å². The Labute approximate surface area is 159 Å². The van der Waals surface area contributed by atoms with Crippen LogP contribution in [0.15, 0.2) is 60.7 Å². The van der Waals surface area contributed by atoms with Crippen LogP contribution in [0.5, 0.6) is 5.75 Å². The molecule has 0 saturated heterocycles. The number of hydrogen-bond donors (Lipinski definition) is 4. The fourth-order valence-corrected chi connectivity index (χ4v) is 3.83. The maximum absolute atomic E-state index is 12.1. The molecule has 0 heterocycles. The van der Waals surface area contributed by atoms with Gasteiger partial charge in [-0.3, -0.25) is 4.79 Å². The number of carboxylic acid groups (broad SMARTS) is 2. The summed E-state index contributed by atoms with van der Waals surface area (Å²) in [7, 11) is 0. The lowest BCUT2D eigenvalue weighted by molar-refractivity contribution is -0.161. The Morgan fingerprint density at radius 1 is 0.893 bits per heavy atom. The molecular formula is C22H16O6. The number of aromatic hydroxyl groups is 1. The molecule has 0 spiro atoms. The van der Waals surface area contributed by atoms with Crippen LogP contribution in [-0.4, -0.2) is 38.0 Å². The number of carbonyl (C=O) groups is 2. The fraction of sp³-hybridized carbons (Fsp3) is 0.0909. The Hall–Kier alpha value is -3.64. The van der Waals surface area contributed by atoms with Crippen LogP contribution in [-0.2, 0) is 9.59 Å². The van der Waals surface area contributed by atoms with Crippen molar-refractivity contribution < 1.29 is 30.0 Å². The summed E-state index contributed by atoms with van der Waals surface area (Å²) >= 11 is 0. The first-order valence-electron chi connectivity index (χ1n) is 8.56. The minimum Gasteiger partial charge on any atom is -0.507 e. The van der Waals surface area contributed by atoms with Crippen LogP contribution < -0.4 is 0 Å². The Balaban J connectivity index is 2.07. The number of carboxylic acids is 2. The van der Waals surface area contributed by atoms with E-state index in [1.54, 1.807) is 48.5 Å². The van der Waals surface area contributed by atoms with Gasteiger partial charge in [-0.2, -0.15) is 0 Å². The van der Waals surface area contributed by atoms with Gasteiger partial charge in [0.2, 0.25) is 5.60 Å². The summed E-state index contributed by atoms with van der Waals surface area (Å²) in [6, 6.07) is 16.6. The van der Waals surface area contributed by atoms with Crippen LogP contribution in [0.4, 0.5) is 0 Å². The molecular weight excluding hydrogens is 360 g/mol. The molecule has 6 nitrogen and oxygen atoms in total. The van der Waals surface area contributed by atoms with Crippen LogP contribution in [0.1, 0.15) is 22.6 Å². The predicted octanol–water partition coefficient (Wildman–Crippen LogP) is 3.08. The fourth-order valence-electron chi connectivity index (χ4n) is 3.83. The number of aliphatic hydroxyl groups is 1. The van der Waals surface area contributed by atoms with Crippen LogP contribution in [0, 0.1) is 0 Å². The normalized spacial score (nSPS) is 21.0. The van der Waals surface area contributed by atoms with Gasteiger partial charge in [0.1, 0.15) is 11.7 Å². The number of phenolic OH excluding ortho intramolecular Hbond substituents is 1. The topological polar surface area (TPSA) is 115 Å². The average Bonchev–Trinajstić information content (AvgIpc) is 2.66. The van der Waals surface area contributed by atoms with E-state index in [0.29, 0.717) is 5.56 Å². The van der Waals surface area contributed by atoms with E-state index in [9.17, 15) is 30.0 Å². The summed E-state index contributed by atoms with van der Waals surface area (Å²) in [5, 5.41) is 42.8. The van der Waals surface area contributed by atoms with Gasteiger partial charge in [-0.25, -0.2) is 4.79 Å². The smallest absolute Gasteiger partial charge is 0.341 e. The lowest BCUT2D eigenvalue weighted by Crippen LogP contribution is -2.50. The van der Waals surface area contributed by atoms with E-state index in [0.717, 1.165) is 10.8 Å². The molecule has 2 atom stereocenters. The van der Waals surface area contributed by atoms with Crippen molar-refractivity contribution in [3.05, 3.63) is 77.4 Å². The van der Waals surface area contributed by atoms with Gasteiger partial charge in [0.25, 0.3) is 0 Å². The van der Waals surface area contributed by atoms with Crippen molar-refractivity contribution in [3.63, 3.8) is 0 Å². The molecule has 4 N–H and O–H groups in total. The summed E-state index contributed by atoms with van der Waals surface area (Å²) in [6.45, 7) is 0. The highest BCUT2D eigenvalue weighted by atomic mass is 16.4. The van der Waals surface area contributed by atoms with Crippen molar-refractivity contribution in [3.8, 4) is 5.75 Å². The quantitative estimate of drug-likeness (QED) is 0.558. The first-order valence-corrected chi connectivity index (χ1v) is 8.56. The Morgan fingerprint density at radius 3 is 2.14 bits per heavy atom. The highest BCUT2D eigenvalue weighted by Crippen LogP contribution is 2.48. The van der Waals surface area contributed by atoms with Gasteiger partial charge in [-0.05, 0) is 40.1 Å². The molecule has 0 bridgehead atoms. The second kappa shape index (κ2) is 6.21. The van der Waals surface area contributed by atoms with Gasteiger partial charge in [0.15, 0.2) is 0 Å². The average molecular weight is 376 g/mol. The zero-order valence-corrected chi connectivity index (χ0v) is 14.5. The molecule has 0 aromatic heterocycles. The summed E-state index contributed by atoms with van der Waals surface area (Å²) in [5.74, 6) is -5.14. The maximum Gasteiger partial charge on any atom is 0.341 e. The van der Waals surface area contributed by atoms with Gasteiger partial charge < -0.3 is 20.4 Å². The first-order chi connectivity index (χ1) is 13.3. The molecule has 0 radical (unpaired) electrons. The molecule has 1 aliphatic rings. The van der Waals surface area contributed by atoms with E-state index in [1.807, 2.05) is 0 Å². The summed E-state index contributed by atoms with van der Waals surface area (Å²) in [5.41, 5.74) is -2.17. The van der Waals surface area contributed by atoms with E-state index in [4.69, 9.17) is 0 Å². The SMILES string of the molecule is O=C(O)[C@H]1c2ccccc2C=C(c2cc3ccccc3cc2O)C1(O)C(=O)O. The largest absolute Gasteiger partial charge is 0.507 e. The minimum atomic E-state index is -2.75. The van der Waals surface area contributed by atoms with Crippen molar-refractivity contribution in [2.24, 2.45) is 0 Å². The lowest BCUT2D eigenvalue weighted by Gasteiger charge is -2.36. The van der Waals surface area contributed by atoms with Crippen LogP contribution in [0.2, 0.25) is 0 Å². The van der Waals surface area contributed by atoms with Crippen molar-refractivity contribution in [2.45, 2.75) is 11.5 Å². The van der Waals surface area contributed by atoms with Crippen molar-refractivity contribution >= 4 is 34.4 Å². The number of fused-ring (bicyclic) bond motifs is 2. The highest BCUT2D eigenvalue weighted by Gasteiger charge is 2.55. The van der Waals surface area contributed by atoms with E-state index in [2.05, 4.69) is 0 Å². The summed E-state index contributed by atoms with van der Waals surface area (Å²) in [6.07, 6.45) is 1.42. The number of benzene rings is 3. The van der Waals surface area contributed by atoms with E-state index >= 15 is 0 Å². The predicted molar refractivity (Wildman–Crippen MR) is 103 cm³/mol. The molecule has 4 rings (SSSR count). The van der Waals surface area contributed by atoms with Crippen molar-refractivity contribution in [2.75, 3.05) is 0 Å². The Morgan fingerprint density at radius 2 is 1.50 bits per heavy atom. The third-order valence-electron chi connectivity index (χ3n) is 5.16. The molecule has 0 aliphatic heterocycles. The standard InChI is InChI=1S/C22H16O6/c23-18-11-13-6-2-1-5-12(13)9-16(18)17-10-14-7-3-4-8-15(14)19(20(24)25)22(17,28)21(26)27/h1-11,19,23,28H,(H,24,25)(H,26,27)/t19-,22?/m1/s1. The van der Waals surface area contributed by atoms with Crippen LogP contribution in [0.25, 0.3) is 22.4 Å². The number of aliphatic carboxylic acids is 2. The van der Waals surface area contributed by atoms with E-state index < -0.39 is 23.5 Å². The number of rotatable bonds is 3. The molecule has 3 aromatic rings. The minimum absolute atomic E-state index is 0.0735. The second-order valence-corrected chi connectivity index (χ2v) is 6.75. The molecule has 6 heteroatoms. The summed E-state index contributed by atoms with van der Waals surface area (Å²) in [4.78, 5) is 24.1. The molecule has 0 saturated carbocycles. The Kier molecular flexibility index (Phi) is 3.94. The zero-order chi connectivity index (χ0) is 20.1. The lowest BCUT2D eigenvalue weighted by atomic mass is 9.69. The number of phenols is 1. The van der Waals surface area contributed by atoms with Crippen LogP contribution in [0.3, 0.4) is 0 Å². The van der Waals surface area contributed by atoms with Gasteiger partial charge >= 0.3 is 11.9 Å². The van der Waals surface area contributed by atoms with Crippen LogP contribution >= 0.6 is 0 Å². The highest BCUT2D eigenvalue weighted by molar-refractivity contribution is 6.10. The molecule has 1 unspecified atom stereocenters. The molecule has 0 amide bonds. The van der Waals surface area contributed by atoms with E-state index in [1.165, 1.54) is 18.2 Å². The monoisotopic (exact) mass is 376 g/mol. The van der Waals surface area contributed by atoms with Gasteiger partial charge in [-0.15, -0.1) is 0 Å². The third kappa shape index (κ3) is 2.46. The van der Waals surface area contributed by atoms with Gasteiger partial charge in [-0.1, -0.05) is 48.5 Å². The molecule has 3 aromatic carbocycles. The summed E-state index contributed by atoms with van der Waals surface area (Å²) < 4.78 is 0. The Bertz CT molecular complexity index is 1160. The number of hydrogen-bond acceptors (Lipinski definition) is 4. The first kappa shape index (κ1) is 17.8. The van der Waals surface area contributed by atoms with E-state index in [-0.39, 0.29) is 22.4 Å². The van der Waals surface area contributed by atoms with Gasteiger partial charge in [0, 0.05) is 11.1 Å². The third-order valence-corrected chi connectivity index (χ3v) is 5.16. The van der Waals surface area contributed by atoms with Crippen molar-refractivity contribution in [1.82, 2.24) is 0 Å². The van der Waals surface area contributed by atoms with Gasteiger partial charge in [0.05, 0.1) is 0 Å². The molecule has 140 valence electrons. The molecule has 0 fully saturated rings.